The Morgan fingerprint density at radius 3 is 1.95 bits per heavy atom. The Balaban J connectivity index is 2.04. The first-order chi connectivity index (χ1) is 18.6. The Labute approximate surface area is 236 Å². The minimum absolute atomic E-state index is 0.0122. The maximum Gasteiger partial charge on any atom is 0.333 e. The summed E-state index contributed by atoms with van der Waals surface area (Å²) in [5.41, 5.74) is 0.679. The Hall–Kier alpha value is -2.70. The van der Waals surface area contributed by atoms with E-state index < -0.39 is 8.32 Å². The van der Waals surface area contributed by atoms with E-state index in [2.05, 4.69) is 88.5 Å². The zero-order valence-electron chi connectivity index (χ0n) is 24.8. The highest BCUT2D eigenvalue weighted by atomic mass is 28.4. The molecule has 1 aliphatic rings. The minimum Gasteiger partial charge on any atom is -0.466 e. The molecule has 212 valence electrons. The highest BCUT2D eigenvalue weighted by Crippen LogP contribution is 2.41. The third kappa shape index (κ3) is 7.09. The van der Waals surface area contributed by atoms with Crippen LogP contribution in [0.15, 0.2) is 72.3 Å². The Morgan fingerprint density at radius 1 is 0.974 bits per heavy atom. The lowest BCUT2D eigenvalue weighted by Gasteiger charge is -2.44. The molecule has 39 heavy (non-hydrogen) atoms. The Bertz CT molecular complexity index is 1070. The van der Waals surface area contributed by atoms with Gasteiger partial charge in [-0.1, -0.05) is 114 Å². The molecule has 0 fully saturated rings. The highest BCUT2D eigenvalue weighted by Gasteiger charge is 2.51. The number of amides is 1. The van der Waals surface area contributed by atoms with Crippen molar-refractivity contribution in [3.63, 3.8) is 0 Å². The van der Waals surface area contributed by atoms with Crippen molar-refractivity contribution in [3.05, 3.63) is 72.3 Å². The predicted molar refractivity (Wildman–Crippen MR) is 162 cm³/mol. The molecule has 0 aromatic heterocycles. The monoisotopic (exact) mass is 549 g/mol. The molecular weight excluding hydrogens is 502 g/mol. The molecule has 0 unspecified atom stereocenters. The summed E-state index contributed by atoms with van der Waals surface area (Å²) in [5.74, 6) is 0.194. The molecule has 3 atom stereocenters. The summed E-state index contributed by atoms with van der Waals surface area (Å²) >= 11 is 0. The van der Waals surface area contributed by atoms with Gasteiger partial charge in [-0.25, -0.2) is 4.79 Å². The number of methoxy groups -OCH3 is 1. The number of hydrogen-bond acceptors (Lipinski definition) is 4. The summed E-state index contributed by atoms with van der Waals surface area (Å²) in [6.07, 6.45) is 5.60. The summed E-state index contributed by atoms with van der Waals surface area (Å²) in [6.45, 7) is 13.3. The van der Waals surface area contributed by atoms with Gasteiger partial charge in [0.2, 0.25) is 5.91 Å². The van der Waals surface area contributed by atoms with Crippen LogP contribution in [0.2, 0.25) is 5.04 Å². The lowest BCUT2D eigenvalue weighted by atomic mass is 9.82. The summed E-state index contributed by atoms with van der Waals surface area (Å²) in [5, 5.41) is 5.56. The van der Waals surface area contributed by atoms with Crippen LogP contribution in [0.5, 0.6) is 0 Å². The molecular formula is C33H47NO4Si. The van der Waals surface area contributed by atoms with Gasteiger partial charge in [0.1, 0.15) is 0 Å². The molecule has 2 aromatic rings. The maximum absolute atomic E-state index is 12.7. The van der Waals surface area contributed by atoms with Gasteiger partial charge < -0.3 is 14.5 Å². The molecule has 0 heterocycles. The largest absolute Gasteiger partial charge is 0.466 e. The van der Waals surface area contributed by atoms with Gasteiger partial charge in [-0.05, 0) is 40.1 Å². The van der Waals surface area contributed by atoms with Crippen molar-refractivity contribution >= 4 is 30.6 Å². The number of ether oxygens (including phenoxy) is 1. The fourth-order valence-corrected chi connectivity index (χ4v) is 10.9. The summed E-state index contributed by atoms with van der Waals surface area (Å²) in [6, 6.07) is 21.2. The van der Waals surface area contributed by atoms with Crippen molar-refractivity contribution in [1.29, 1.82) is 0 Å². The van der Waals surface area contributed by atoms with Gasteiger partial charge >= 0.3 is 5.97 Å². The SMILES string of the molecule is CCC(CC)C[C@H](NC(C)=O)[C@@H]1C=C(C(=O)OC)C[C@H]1CO[Si](c1ccccc1)(c1ccccc1)C(C)(C)C. The van der Waals surface area contributed by atoms with E-state index in [1.165, 1.54) is 17.5 Å². The lowest BCUT2D eigenvalue weighted by Crippen LogP contribution is -2.67. The van der Waals surface area contributed by atoms with Gasteiger partial charge in [-0.2, -0.15) is 0 Å². The third-order valence-corrected chi connectivity index (χ3v) is 13.4. The van der Waals surface area contributed by atoms with E-state index in [1.807, 2.05) is 18.2 Å². The topological polar surface area (TPSA) is 64.6 Å². The highest BCUT2D eigenvalue weighted by molar-refractivity contribution is 6.99. The van der Waals surface area contributed by atoms with Crippen molar-refractivity contribution in [3.8, 4) is 0 Å². The van der Waals surface area contributed by atoms with Crippen molar-refractivity contribution in [2.24, 2.45) is 17.8 Å². The van der Waals surface area contributed by atoms with Gasteiger partial charge in [0.25, 0.3) is 8.32 Å². The van der Waals surface area contributed by atoms with E-state index in [1.54, 1.807) is 6.92 Å². The van der Waals surface area contributed by atoms with Crippen LogP contribution in [-0.4, -0.2) is 40.0 Å². The zero-order chi connectivity index (χ0) is 28.6. The van der Waals surface area contributed by atoms with Crippen LogP contribution in [0.4, 0.5) is 0 Å². The fraction of sp³-hybridized carbons (Fsp3) is 0.515. The first-order valence-electron chi connectivity index (χ1n) is 14.4. The molecule has 0 saturated carbocycles. The van der Waals surface area contributed by atoms with Crippen molar-refractivity contribution in [2.75, 3.05) is 13.7 Å². The van der Waals surface area contributed by atoms with E-state index in [4.69, 9.17) is 9.16 Å². The van der Waals surface area contributed by atoms with Gasteiger partial charge in [-0.15, -0.1) is 0 Å². The van der Waals surface area contributed by atoms with Crippen LogP contribution in [0, 0.1) is 17.8 Å². The molecule has 0 aliphatic heterocycles. The summed E-state index contributed by atoms with van der Waals surface area (Å²) in [4.78, 5) is 25.0. The number of carbonyl (C=O) groups is 2. The molecule has 1 N–H and O–H groups in total. The number of nitrogens with one attached hydrogen (secondary N) is 1. The molecule has 5 nitrogen and oxygen atoms in total. The molecule has 0 spiro atoms. The van der Waals surface area contributed by atoms with Gasteiger partial charge in [0, 0.05) is 31.1 Å². The van der Waals surface area contributed by atoms with Gasteiger partial charge in [0.15, 0.2) is 0 Å². The van der Waals surface area contributed by atoms with Crippen molar-refractivity contribution < 1.29 is 18.8 Å². The quantitative estimate of drug-likeness (QED) is 0.275. The van der Waals surface area contributed by atoms with Crippen LogP contribution in [-0.2, 0) is 18.8 Å². The van der Waals surface area contributed by atoms with Crippen molar-refractivity contribution in [2.45, 2.75) is 78.3 Å². The minimum atomic E-state index is -2.74. The number of esters is 1. The second-order valence-electron chi connectivity index (χ2n) is 11.9. The molecule has 1 aliphatic carbocycles. The first kappa shape index (κ1) is 30.8. The fourth-order valence-electron chi connectivity index (χ4n) is 6.30. The van der Waals surface area contributed by atoms with E-state index >= 15 is 0 Å². The van der Waals surface area contributed by atoms with Crippen LogP contribution < -0.4 is 15.7 Å². The molecule has 6 heteroatoms. The van der Waals surface area contributed by atoms with Gasteiger partial charge in [-0.3, -0.25) is 4.79 Å². The van der Waals surface area contributed by atoms with Crippen LogP contribution >= 0.6 is 0 Å². The molecule has 2 aromatic carbocycles. The van der Waals surface area contributed by atoms with Gasteiger partial charge in [0.05, 0.1) is 7.11 Å². The molecule has 0 bridgehead atoms. The zero-order valence-corrected chi connectivity index (χ0v) is 25.8. The van der Waals surface area contributed by atoms with E-state index in [9.17, 15) is 9.59 Å². The van der Waals surface area contributed by atoms with E-state index in [0.717, 1.165) is 19.3 Å². The number of hydrogen-bond donors (Lipinski definition) is 1. The van der Waals surface area contributed by atoms with Crippen molar-refractivity contribution in [1.82, 2.24) is 5.32 Å². The summed E-state index contributed by atoms with van der Waals surface area (Å²) in [7, 11) is -1.31. The van der Waals surface area contributed by atoms with E-state index in [0.29, 0.717) is 24.5 Å². The maximum atomic E-state index is 12.7. The normalized spacial score (nSPS) is 18.5. The predicted octanol–water partition coefficient (Wildman–Crippen LogP) is 5.63. The molecule has 0 radical (unpaired) electrons. The molecule has 0 saturated heterocycles. The number of benzene rings is 2. The number of rotatable bonds is 12. The second-order valence-corrected chi connectivity index (χ2v) is 16.2. The van der Waals surface area contributed by atoms with Crippen LogP contribution in [0.3, 0.4) is 0 Å². The molecule has 3 rings (SSSR count). The van der Waals surface area contributed by atoms with Crippen LogP contribution in [0.1, 0.15) is 67.2 Å². The smallest absolute Gasteiger partial charge is 0.333 e. The molecule has 1 amide bonds. The van der Waals surface area contributed by atoms with E-state index in [-0.39, 0.29) is 34.8 Å². The first-order valence-corrected chi connectivity index (χ1v) is 16.3. The Kier molecular flexibility index (Phi) is 10.7. The average molecular weight is 550 g/mol. The Morgan fingerprint density at radius 2 is 1.51 bits per heavy atom. The second kappa shape index (κ2) is 13.6. The van der Waals surface area contributed by atoms with Crippen LogP contribution in [0.25, 0.3) is 0 Å². The number of carbonyl (C=O) groups excluding carboxylic acids is 2. The third-order valence-electron chi connectivity index (χ3n) is 8.39. The standard InChI is InChI=1S/C33H47NO4Si/c1-8-25(9-2)20-31(34-24(3)35)30-22-26(32(36)37-7)21-27(30)23-38-39(33(4,5)6,28-16-12-10-13-17-28)29-18-14-11-15-19-29/h10-19,22,25,27,30-31H,8-9,20-21,23H2,1-7H3,(H,34,35)/t27-,30+,31-/m0/s1. The lowest BCUT2D eigenvalue weighted by molar-refractivity contribution is -0.136. The summed E-state index contributed by atoms with van der Waals surface area (Å²) < 4.78 is 12.4. The average Bonchev–Trinajstić information content (AvgIpc) is 3.35.